The Morgan fingerprint density at radius 2 is 2.12 bits per heavy atom. The molecular weight excluding hydrogens is 426 g/mol. The van der Waals surface area contributed by atoms with E-state index in [4.69, 9.17) is 0 Å². The fourth-order valence-electron chi connectivity index (χ4n) is 2.61. The molecule has 6 nitrogen and oxygen atoms in total. The molecule has 1 aliphatic rings. The van der Waals surface area contributed by atoms with Crippen LogP contribution >= 0.6 is 27.7 Å². The van der Waals surface area contributed by atoms with Crippen LogP contribution in [0.1, 0.15) is 13.3 Å². The van der Waals surface area contributed by atoms with Crippen molar-refractivity contribution in [1.82, 2.24) is 14.9 Å². The third-order valence-electron chi connectivity index (χ3n) is 3.94. The van der Waals surface area contributed by atoms with Gasteiger partial charge in [0.1, 0.15) is 0 Å². The highest BCUT2D eigenvalue weighted by atomic mass is 79.9. The van der Waals surface area contributed by atoms with E-state index < -0.39 is 9.84 Å². The fourth-order valence-corrected chi connectivity index (χ4v) is 5.44. The lowest BCUT2D eigenvalue weighted by atomic mass is 10.2. The Labute approximate surface area is 159 Å². The van der Waals surface area contributed by atoms with E-state index in [-0.39, 0.29) is 28.7 Å². The van der Waals surface area contributed by atoms with Crippen LogP contribution in [0, 0.1) is 0 Å². The number of amides is 1. The first-order chi connectivity index (χ1) is 11.8. The summed E-state index contributed by atoms with van der Waals surface area (Å²) in [5.41, 5.74) is 0.956. The predicted octanol–water partition coefficient (Wildman–Crippen LogP) is 2.42. The Kier molecular flexibility index (Phi) is 5.55. The molecule has 3 rings (SSSR count). The molecule has 2 heterocycles. The van der Waals surface area contributed by atoms with Crippen LogP contribution in [0.4, 0.5) is 0 Å². The van der Waals surface area contributed by atoms with Gasteiger partial charge in [-0.25, -0.2) is 13.4 Å². The van der Waals surface area contributed by atoms with Crippen LogP contribution in [-0.4, -0.2) is 46.7 Å². The van der Waals surface area contributed by atoms with Gasteiger partial charge in [0.25, 0.3) is 0 Å². The van der Waals surface area contributed by atoms with Crippen molar-refractivity contribution >= 4 is 43.4 Å². The van der Waals surface area contributed by atoms with Gasteiger partial charge in [0.15, 0.2) is 15.0 Å². The number of carbonyl (C=O) groups excluding carboxylic acids is 1. The normalized spacial score (nSPS) is 20.3. The average Bonchev–Trinajstić information content (AvgIpc) is 3.14. The zero-order valence-electron chi connectivity index (χ0n) is 13.6. The first kappa shape index (κ1) is 18.5. The number of rotatable bonds is 5. The Bertz CT molecular complexity index is 865. The Morgan fingerprint density at radius 3 is 2.76 bits per heavy atom. The lowest BCUT2D eigenvalue weighted by molar-refractivity contribution is -0.120. The number of nitrogens with zero attached hydrogens (tertiary/aromatic N) is 2. The Hall–Kier alpha value is -1.32. The van der Waals surface area contributed by atoms with Crippen molar-refractivity contribution in [3.63, 3.8) is 0 Å². The van der Waals surface area contributed by atoms with Gasteiger partial charge in [-0.1, -0.05) is 27.7 Å². The molecule has 1 saturated heterocycles. The molecule has 2 aromatic rings. The number of hydrogen-bond donors (Lipinski definition) is 1. The molecule has 9 heteroatoms. The predicted molar refractivity (Wildman–Crippen MR) is 102 cm³/mol. The minimum absolute atomic E-state index is 0.0314. The van der Waals surface area contributed by atoms with Crippen molar-refractivity contribution in [2.24, 2.45) is 0 Å². The standard InChI is InChI=1S/C16H18BrN3O3S2/c1-11(15(21)19-13-6-9-25(22,23)10-13)24-16-18-7-8-20(16)14-4-2-12(17)3-5-14/h2-5,7-8,11,13H,6,9-10H2,1H3,(H,19,21). The lowest BCUT2D eigenvalue weighted by Crippen LogP contribution is -2.40. The fraction of sp³-hybridized carbons (Fsp3) is 0.375. The van der Waals surface area contributed by atoms with E-state index in [1.54, 1.807) is 13.1 Å². The smallest absolute Gasteiger partial charge is 0.233 e. The van der Waals surface area contributed by atoms with E-state index in [1.165, 1.54) is 11.8 Å². The zero-order chi connectivity index (χ0) is 18.0. The maximum Gasteiger partial charge on any atom is 0.233 e. The van der Waals surface area contributed by atoms with Gasteiger partial charge in [0, 0.05) is 28.6 Å². The average molecular weight is 444 g/mol. The number of thioether (sulfide) groups is 1. The first-order valence-electron chi connectivity index (χ1n) is 7.81. The molecule has 0 bridgehead atoms. The molecular formula is C16H18BrN3O3S2. The number of benzene rings is 1. The van der Waals surface area contributed by atoms with Gasteiger partial charge < -0.3 is 5.32 Å². The van der Waals surface area contributed by atoms with Crippen LogP contribution in [0.15, 0.2) is 46.3 Å². The van der Waals surface area contributed by atoms with Gasteiger partial charge in [0.05, 0.1) is 16.8 Å². The van der Waals surface area contributed by atoms with Crippen molar-refractivity contribution in [1.29, 1.82) is 0 Å². The number of hydrogen-bond acceptors (Lipinski definition) is 5. The van der Waals surface area contributed by atoms with E-state index in [9.17, 15) is 13.2 Å². The summed E-state index contributed by atoms with van der Waals surface area (Å²) in [6.07, 6.45) is 4.03. The zero-order valence-corrected chi connectivity index (χ0v) is 16.8. The Balaban J connectivity index is 1.65. The third-order valence-corrected chi connectivity index (χ3v) is 7.32. The van der Waals surface area contributed by atoms with Gasteiger partial charge in [-0.15, -0.1) is 0 Å². The minimum atomic E-state index is -3.00. The quantitative estimate of drug-likeness (QED) is 0.717. The van der Waals surface area contributed by atoms with E-state index in [1.807, 2.05) is 35.0 Å². The van der Waals surface area contributed by atoms with Crippen LogP contribution in [0.2, 0.25) is 0 Å². The summed E-state index contributed by atoms with van der Waals surface area (Å²) >= 11 is 4.76. The molecule has 25 heavy (non-hydrogen) atoms. The molecule has 1 fully saturated rings. The highest BCUT2D eigenvalue weighted by molar-refractivity contribution is 9.10. The maximum absolute atomic E-state index is 12.4. The number of nitrogens with one attached hydrogen (secondary N) is 1. The van der Waals surface area contributed by atoms with Crippen LogP contribution in [0.25, 0.3) is 5.69 Å². The summed E-state index contributed by atoms with van der Waals surface area (Å²) in [5.74, 6) is 0.00865. The van der Waals surface area contributed by atoms with E-state index in [0.717, 1.165) is 10.2 Å². The molecule has 0 spiro atoms. The molecule has 0 radical (unpaired) electrons. The van der Waals surface area contributed by atoms with Crippen LogP contribution < -0.4 is 5.32 Å². The van der Waals surface area contributed by atoms with Gasteiger partial charge >= 0.3 is 0 Å². The second-order valence-electron chi connectivity index (χ2n) is 5.92. The summed E-state index contributed by atoms with van der Waals surface area (Å²) in [5, 5.41) is 3.17. The van der Waals surface area contributed by atoms with Gasteiger partial charge in [0.2, 0.25) is 5.91 Å². The summed E-state index contributed by atoms with van der Waals surface area (Å²) < 4.78 is 25.9. The summed E-state index contributed by atoms with van der Waals surface area (Å²) in [4.78, 5) is 16.7. The molecule has 1 aromatic carbocycles. The van der Waals surface area contributed by atoms with Gasteiger partial charge in [-0.3, -0.25) is 9.36 Å². The number of aromatic nitrogens is 2. The topological polar surface area (TPSA) is 81.1 Å². The molecule has 1 amide bonds. The first-order valence-corrected chi connectivity index (χ1v) is 11.3. The van der Waals surface area contributed by atoms with Crippen molar-refractivity contribution in [2.75, 3.05) is 11.5 Å². The highest BCUT2D eigenvalue weighted by Crippen LogP contribution is 2.25. The molecule has 0 saturated carbocycles. The van der Waals surface area contributed by atoms with Gasteiger partial charge in [-0.05, 0) is 37.6 Å². The van der Waals surface area contributed by atoms with Crippen LogP contribution in [-0.2, 0) is 14.6 Å². The van der Waals surface area contributed by atoms with Crippen LogP contribution in [0.3, 0.4) is 0 Å². The summed E-state index contributed by atoms with van der Waals surface area (Å²) in [6, 6.07) is 7.53. The molecule has 0 aliphatic carbocycles. The second-order valence-corrected chi connectivity index (χ2v) is 10.4. The molecule has 1 aliphatic heterocycles. The Morgan fingerprint density at radius 1 is 1.40 bits per heavy atom. The van der Waals surface area contributed by atoms with Crippen molar-refractivity contribution in [2.45, 2.75) is 29.8 Å². The maximum atomic E-state index is 12.4. The number of carbonyl (C=O) groups is 1. The largest absolute Gasteiger partial charge is 0.351 e. The summed E-state index contributed by atoms with van der Waals surface area (Å²) in [7, 11) is -3.00. The van der Waals surface area contributed by atoms with Crippen LogP contribution in [0.5, 0.6) is 0 Å². The van der Waals surface area contributed by atoms with Gasteiger partial charge in [-0.2, -0.15) is 0 Å². The lowest BCUT2D eigenvalue weighted by Gasteiger charge is -2.16. The molecule has 134 valence electrons. The van der Waals surface area contributed by atoms with E-state index in [2.05, 4.69) is 26.2 Å². The van der Waals surface area contributed by atoms with Crippen molar-refractivity contribution in [3.8, 4) is 5.69 Å². The SMILES string of the molecule is CC(Sc1nccn1-c1ccc(Br)cc1)C(=O)NC1CCS(=O)(=O)C1. The number of halogens is 1. The highest BCUT2D eigenvalue weighted by Gasteiger charge is 2.30. The molecule has 2 atom stereocenters. The van der Waals surface area contributed by atoms with E-state index in [0.29, 0.717) is 11.6 Å². The number of imidazole rings is 1. The van der Waals surface area contributed by atoms with E-state index >= 15 is 0 Å². The molecule has 1 aromatic heterocycles. The number of sulfone groups is 1. The molecule has 1 N–H and O–H groups in total. The monoisotopic (exact) mass is 443 g/mol. The second kappa shape index (κ2) is 7.51. The molecule has 2 unspecified atom stereocenters. The third kappa shape index (κ3) is 4.65. The van der Waals surface area contributed by atoms with Crippen molar-refractivity contribution < 1.29 is 13.2 Å². The van der Waals surface area contributed by atoms with Crippen molar-refractivity contribution in [3.05, 3.63) is 41.1 Å². The summed E-state index contributed by atoms with van der Waals surface area (Å²) in [6.45, 7) is 1.80. The minimum Gasteiger partial charge on any atom is -0.351 e.